The third-order valence-electron chi connectivity index (χ3n) is 2.28. The number of hydrogen-bond acceptors (Lipinski definition) is 4. The molecule has 0 saturated heterocycles. The second kappa shape index (κ2) is 4.59. The van der Waals surface area contributed by atoms with Crippen LogP contribution in [-0.4, -0.2) is 24.9 Å². The molecular formula is C10H11ClN4O. The highest BCUT2D eigenvalue weighted by Gasteiger charge is 2.20. The third-order valence-corrected chi connectivity index (χ3v) is 2.57. The fraction of sp³-hybridized carbons (Fsp3) is 0.300. The summed E-state index contributed by atoms with van der Waals surface area (Å²) < 4.78 is 1.65. The molecule has 0 aliphatic rings. The molecule has 0 amide bonds. The van der Waals surface area contributed by atoms with Gasteiger partial charge in [-0.3, -0.25) is 4.68 Å². The van der Waals surface area contributed by atoms with Crippen LogP contribution in [0.15, 0.2) is 24.8 Å². The van der Waals surface area contributed by atoms with Crippen molar-refractivity contribution in [2.75, 3.05) is 0 Å². The summed E-state index contributed by atoms with van der Waals surface area (Å²) >= 11 is 5.98. The Labute approximate surface area is 97.7 Å². The Kier molecular flexibility index (Phi) is 3.17. The highest BCUT2D eigenvalue weighted by molar-refractivity contribution is 6.31. The highest BCUT2D eigenvalue weighted by atomic mass is 35.5. The summed E-state index contributed by atoms with van der Waals surface area (Å²) in [6, 6.07) is 1.65. The van der Waals surface area contributed by atoms with E-state index in [2.05, 4.69) is 15.1 Å². The zero-order chi connectivity index (χ0) is 11.5. The van der Waals surface area contributed by atoms with Crippen LogP contribution in [0.2, 0.25) is 5.02 Å². The number of aromatic nitrogens is 4. The average Bonchev–Trinajstić information content (AvgIpc) is 2.70. The first kappa shape index (κ1) is 11.0. The van der Waals surface area contributed by atoms with Crippen LogP contribution in [0.3, 0.4) is 0 Å². The lowest BCUT2D eigenvalue weighted by Crippen LogP contribution is -2.10. The second-order valence-corrected chi connectivity index (χ2v) is 3.64. The van der Waals surface area contributed by atoms with Crippen molar-refractivity contribution in [2.45, 2.75) is 19.6 Å². The average molecular weight is 239 g/mol. The molecule has 0 aromatic carbocycles. The smallest absolute Gasteiger partial charge is 0.139 e. The molecule has 5 nitrogen and oxygen atoms in total. The Morgan fingerprint density at radius 2 is 2.38 bits per heavy atom. The van der Waals surface area contributed by atoms with Crippen molar-refractivity contribution in [2.24, 2.45) is 0 Å². The molecule has 2 aromatic rings. The number of aliphatic hydroxyl groups is 1. The van der Waals surface area contributed by atoms with Crippen LogP contribution in [0.4, 0.5) is 0 Å². The lowest BCUT2D eigenvalue weighted by molar-refractivity contribution is 0.203. The molecule has 0 aliphatic carbocycles. The monoisotopic (exact) mass is 238 g/mol. The standard InChI is InChI=1S/C10H11ClN4O/c1-2-15-9(7(11)5-14-15)10(16)8-3-4-12-6-13-8/h3-6,10,16H,2H2,1H3. The molecule has 6 heteroatoms. The fourth-order valence-electron chi connectivity index (χ4n) is 1.50. The topological polar surface area (TPSA) is 63.8 Å². The number of aryl methyl sites for hydroxylation is 1. The van der Waals surface area contributed by atoms with Crippen molar-refractivity contribution in [3.05, 3.63) is 41.2 Å². The van der Waals surface area contributed by atoms with E-state index in [4.69, 9.17) is 11.6 Å². The van der Waals surface area contributed by atoms with Gasteiger partial charge in [0.1, 0.15) is 12.4 Å². The molecule has 1 N–H and O–H groups in total. The lowest BCUT2D eigenvalue weighted by atomic mass is 10.2. The van der Waals surface area contributed by atoms with E-state index in [9.17, 15) is 5.11 Å². The summed E-state index contributed by atoms with van der Waals surface area (Å²) in [6.07, 6.45) is 3.61. The van der Waals surface area contributed by atoms with Crippen LogP contribution in [-0.2, 0) is 6.54 Å². The van der Waals surface area contributed by atoms with Crippen LogP contribution in [0.25, 0.3) is 0 Å². The summed E-state index contributed by atoms with van der Waals surface area (Å²) in [5.41, 5.74) is 1.06. The van der Waals surface area contributed by atoms with Gasteiger partial charge in [0, 0.05) is 12.7 Å². The van der Waals surface area contributed by atoms with E-state index >= 15 is 0 Å². The predicted octanol–water partition coefficient (Wildman–Crippen LogP) is 1.43. The van der Waals surface area contributed by atoms with Gasteiger partial charge in [-0.25, -0.2) is 9.97 Å². The molecular weight excluding hydrogens is 228 g/mol. The van der Waals surface area contributed by atoms with Crippen molar-refractivity contribution < 1.29 is 5.11 Å². The third kappa shape index (κ3) is 1.91. The second-order valence-electron chi connectivity index (χ2n) is 3.23. The summed E-state index contributed by atoms with van der Waals surface area (Å²) in [7, 11) is 0. The van der Waals surface area contributed by atoms with Crippen molar-refractivity contribution in [1.29, 1.82) is 0 Å². The minimum Gasteiger partial charge on any atom is -0.380 e. The molecule has 1 unspecified atom stereocenters. The van der Waals surface area contributed by atoms with Crippen LogP contribution >= 0.6 is 11.6 Å². The molecule has 0 bridgehead atoms. The van der Waals surface area contributed by atoms with E-state index in [1.54, 1.807) is 16.9 Å². The van der Waals surface area contributed by atoms with Gasteiger partial charge in [0.15, 0.2) is 0 Å². The molecule has 1 atom stereocenters. The van der Waals surface area contributed by atoms with Crippen LogP contribution in [0, 0.1) is 0 Å². The largest absolute Gasteiger partial charge is 0.380 e. The van der Waals surface area contributed by atoms with Gasteiger partial charge in [-0.1, -0.05) is 11.6 Å². The minimum atomic E-state index is -0.877. The number of halogens is 1. The first-order valence-corrected chi connectivity index (χ1v) is 5.27. The van der Waals surface area contributed by atoms with Gasteiger partial charge in [0.2, 0.25) is 0 Å². The molecule has 0 saturated carbocycles. The lowest BCUT2D eigenvalue weighted by Gasteiger charge is -2.12. The Morgan fingerprint density at radius 1 is 1.56 bits per heavy atom. The van der Waals surface area contributed by atoms with Gasteiger partial charge in [-0.15, -0.1) is 0 Å². The van der Waals surface area contributed by atoms with E-state index in [1.165, 1.54) is 12.5 Å². The van der Waals surface area contributed by atoms with Crippen molar-refractivity contribution >= 4 is 11.6 Å². The molecule has 0 radical (unpaired) electrons. The SMILES string of the molecule is CCn1ncc(Cl)c1C(O)c1ccncn1. The van der Waals surface area contributed by atoms with E-state index in [0.717, 1.165) is 0 Å². The first-order chi connectivity index (χ1) is 7.74. The summed E-state index contributed by atoms with van der Waals surface area (Å²) in [6.45, 7) is 2.57. The Morgan fingerprint density at radius 3 is 3.00 bits per heavy atom. The number of aliphatic hydroxyl groups excluding tert-OH is 1. The zero-order valence-electron chi connectivity index (χ0n) is 8.71. The molecule has 2 heterocycles. The van der Waals surface area contributed by atoms with E-state index < -0.39 is 6.10 Å². The molecule has 0 fully saturated rings. The van der Waals surface area contributed by atoms with Crippen LogP contribution in [0.5, 0.6) is 0 Å². The fourth-order valence-corrected chi connectivity index (χ4v) is 1.74. The molecule has 0 spiro atoms. The normalized spacial score (nSPS) is 12.7. The highest BCUT2D eigenvalue weighted by Crippen LogP contribution is 2.26. The quantitative estimate of drug-likeness (QED) is 0.879. The van der Waals surface area contributed by atoms with Crippen molar-refractivity contribution in [3.8, 4) is 0 Å². The van der Waals surface area contributed by atoms with E-state index in [0.29, 0.717) is 23.0 Å². The predicted molar refractivity (Wildman–Crippen MR) is 59.0 cm³/mol. The first-order valence-electron chi connectivity index (χ1n) is 4.89. The van der Waals surface area contributed by atoms with Gasteiger partial charge in [0.25, 0.3) is 0 Å². The van der Waals surface area contributed by atoms with E-state index in [-0.39, 0.29) is 0 Å². The summed E-state index contributed by atoms with van der Waals surface area (Å²) in [5.74, 6) is 0. The number of nitrogens with zero attached hydrogens (tertiary/aromatic N) is 4. The number of hydrogen-bond donors (Lipinski definition) is 1. The van der Waals surface area contributed by atoms with Crippen LogP contribution < -0.4 is 0 Å². The van der Waals surface area contributed by atoms with E-state index in [1.807, 2.05) is 6.92 Å². The van der Waals surface area contributed by atoms with Crippen molar-refractivity contribution in [1.82, 2.24) is 19.7 Å². The zero-order valence-corrected chi connectivity index (χ0v) is 9.46. The van der Waals surface area contributed by atoms with Gasteiger partial charge in [-0.2, -0.15) is 5.10 Å². The molecule has 2 rings (SSSR count). The van der Waals surface area contributed by atoms with Crippen molar-refractivity contribution in [3.63, 3.8) is 0 Å². The summed E-state index contributed by atoms with van der Waals surface area (Å²) in [5, 5.41) is 14.6. The molecule has 2 aromatic heterocycles. The van der Waals surface area contributed by atoms with Gasteiger partial charge >= 0.3 is 0 Å². The molecule has 0 aliphatic heterocycles. The molecule has 84 valence electrons. The summed E-state index contributed by atoms with van der Waals surface area (Å²) in [4.78, 5) is 7.79. The number of rotatable bonds is 3. The van der Waals surface area contributed by atoms with Gasteiger partial charge < -0.3 is 5.11 Å². The minimum absolute atomic E-state index is 0.438. The van der Waals surface area contributed by atoms with Crippen LogP contribution in [0.1, 0.15) is 24.4 Å². The Bertz CT molecular complexity index is 471. The maximum Gasteiger partial charge on any atom is 0.139 e. The molecule has 16 heavy (non-hydrogen) atoms. The maximum absolute atomic E-state index is 10.1. The maximum atomic E-state index is 10.1. The Hall–Kier alpha value is -1.46. The van der Waals surface area contributed by atoms with Gasteiger partial charge in [0.05, 0.1) is 22.6 Å². The Balaban J connectivity index is 2.41. The van der Waals surface area contributed by atoms with Gasteiger partial charge in [-0.05, 0) is 13.0 Å².